The topological polar surface area (TPSA) is 77.1 Å². The first kappa shape index (κ1) is 12.6. The van der Waals surface area contributed by atoms with Crippen molar-refractivity contribution in [3.8, 4) is 0 Å². The quantitative estimate of drug-likeness (QED) is 0.789. The second-order valence-corrected chi connectivity index (χ2v) is 5.05. The highest BCUT2D eigenvalue weighted by atomic mass is 32.1. The van der Waals surface area contributed by atoms with Gasteiger partial charge in [0.05, 0.1) is 23.5 Å². The van der Waals surface area contributed by atoms with Gasteiger partial charge in [-0.05, 0) is 17.5 Å². The first-order chi connectivity index (χ1) is 9.75. The lowest BCUT2D eigenvalue weighted by Gasteiger charge is -2.06. The van der Waals surface area contributed by atoms with Crippen LogP contribution in [0.5, 0.6) is 0 Å². The molecule has 0 saturated heterocycles. The van der Waals surface area contributed by atoms with Crippen molar-refractivity contribution in [2.45, 2.75) is 6.54 Å². The Bertz CT molecular complexity index is 789. The van der Waals surface area contributed by atoms with Crippen LogP contribution in [0.3, 0.4) is 0 Å². The number of furan rings is 1. The molecule has 7 heteroatoms. The van der Waals surface area contributed by atoms with Gasteiger partial charge in [0.25, 0.3) is 11.5 Å². The number of carbonyl (C=O) groups excluding carboxylic acids is 1. The predicted octanol–water partition coefficient (Wildman–Crippen LogP) is 1.48. The van der Waals surface area contributed by atoms with Crippen molar-refractivity contribution >= 4 is 27.5 Å². The second-order valence-electron chi connectivity index (χ2n) is 4.15. The van der Waals surface area contributed by atoms with E-state index >= 15 is 0 Å². The third-order valence-electron chi connectivity index (χ3n) is 2.87. The van der Waals surface area contributed by atoms with Crippen molar-refractivity contribution in [3.05, 3.63) is 52.3 Å². The number of amides is 1. The molecule has 0 radical (unpaired) electrons. The maximum atomic E-state index is 12.1. The molecule has 0 aromatic carbocycles. The Morgan fingerprint density at radius 1 is 1.45 bits per heavy atom. The summed E-state index contributed by atoms with van der Waals surface area (Å²) in [5.41, 5.74) is 0.373. The maximum absolute atomic E-state index is 12.1. The van der Waals surface area contributed by atoms with Crippen molar-refractivity contribution in [1.82, 2.24) is 14.9 Å². The van der Waals surface area contributed by atoms with Gasteiger partial charge in [-0.3, -0.25) is 14.2 Å². The first-order valence-corrected chi connectivity index (χ1v) is 6.87. The van der Waals surface area contributed by atoms with Gasteiger partial charge in [-0.1, -0.05) is 0 Å². The molecule has 20 heavy (non-hydrogen) atoms. The monoisotopic (exact) mass is 289 g/mol. The van der Waals surface area contributed by atoms with E-state index in [1.165, 1.54) is 34.8 Å². The van der Waals surface area contributed by atoms with Crippen LogP contribution in [0.25, 0.3) is 10.2 Å². The molecule has 3 aromatic heterocycles. The first-order valence-electron chi connectivity index (χ1n) is 5.99. The number of nitrogens with zero attached hydrogens (tertiary/aromatic N) is 2. The van der Waals surface area contributed by atoms with E-state index in [1.807, 2.05) is 5.38 Å². The van der Waals surface area contributed by atoms with Crippen LogP contribution in [0.15, 0.2) is 45.6 Å². The number of hydrogen-bond donors (Lipinski definition) is 1. The third-order valence-corrected chi connectivity index (χ3v) is 3.69. The summed E-state index contributed by atoms with van der Waals surface area (Å²) in [4.78, 5) is 28.7. The number of rotatable bonds is 4. The van der Waals surface area contributed by atoms with Gasteiger partial charge >= 0.3 is 0 Å². The molecule has 3 heterocycles. The molecule has 0 spiro atoms. The molecule has 0 aliphatic rings. The molecule has 102 valence electrons. The van der Waals surface area contributed by atoms with Crippen molar-refractivity contribution < 1.29 is 9.21 Å². The molecule has 1 N–H and O–H groups in total. The molecule has 0 unspecified atom stereocenters. The highest BCUT2D eigenvalue weighted by Crippen LogP contribution is 2.12. The molecule has 1 amide bonds. The van der Waals surface area contributed by atoms with Crippen molar-refractivity contribution in [3.63, 3.8) is 0 Å². The SMILES string of the molecule is O=C(NCCn1cnc2sccc2c1=O)c1ccoc1. The van der Waals surface area contributed by atoms with Crippen LogP contribution in [0.1, 0.15) is 10.4 Å². The van der Waals surface area contributed by atoms with Crippen molar-refractivity contribution in [1.29, 1.82) is 0 Å². The number of aromatic nitrogens is 2. The summed E-state index contributed by atoms with van der Waals surface area (Å²) >= 11 is 1.43. The Labute approximate surface area is 117 Å². The number of fused-ring (bicyclic) bond motifs is 1. The van der Waals surface area contributed by atoms with E-state index in [-0.39, 0.29) is 11.5 Å². The molecule has 0 bridgehead atoms. The summed E-state index contributed by atoms with van der Waals surface area (Å²) in [5.74, 6) is -0.226. The van der Waals surface area contributed by atoms with Crippen LogP contribution >= 0.6 is 11.3 Å². The Kier molecular flexibility index (Phi) is 3.34. The normalized spacial score (nSPS) is 10.8. The number of nitrogens with one attached hydrogen (secondary N) is 1. The van der Waals surface area contributed by atoms with E-state index in [0.717, 1.165) is 4.83 Å². The summed E-state index contributed by atoms with van der Waals surface area (Å²) in [6.45, 7) is 0.725. The van der Waals surface area contributed by atoms with Crippen LogP contribution in [-0.2, 0) is 6.54 Å². The summed E-state index contributed by atoms with van der Waals surface area (Å²) < 4.78 is 6.32. The fraction of sp³-hybridized carbons (Fsp3) is 0.154. The molecular weight excluding hydrogens is 278 g/mol. The molecule has 0 atom stereocenters. The number of carbonyl (C=O) groups is 1. The molecule has 6 nitrogen and oxygen atoms in total. The average Bonchev–Trinajstić information content (AvgIpc) is 3.11. The smallest absolute Gasteiger partial charge is 0.262 e. The van der Waals surface area contributed by atoms with Gasteiger partial charge in [-0.2, -0.15) is 0 Å². The van der Waals surface area contributed by atoms with Crippen LogP contribution in [0.2, 0.25) is 0 Å². The number of thiophene rings is 1. The molecule has 3 aromatic rings. The van der Waals surface area contributed by atoms with Gasteiger partial charge in [0, 0.05) is 13.1 Å². The Balaban J connectivity index is 1.67. The summed E-state index contributed by atoms with van der Waals surface area (Å²) in [5, 5.41) is 5.17. The molecule has 0 aliphatic heterocycles. The lowest BCUT2D eigenvalue weighted by molar-refractivity contribution is 0.0951. The average molecular weight is 289 g/mol. The Morgan fingerprint density at radius 3 is 3.15 bits per heavy atom. The molecule has 0 saturated carbocycles. The van der Waals surface area contributed by atoms with E-state index in [9.17, 15) is 9.59 Å². The lowest BCUT2D eigenvalue weighted by atomic mass is 10.3. The van der Waals surface area contributed by atoms with E-state index < -0.39 is 0 Å². The van der Waals surface area contributed by atoms with Crippen LogP contribution in [-0.4, -0.2) is 22.0 Å². The van der Waals surface area contributed by atoms with Crippen LogP contribution in [0.4, 0.5) is 0 Å². The number of hydrogen-bond acceptors (Lipinski definition) is 5. The van der Waals surface area contributed by atoms with E-state index in [4.69, 9.17) is 4.42 Å². The zero-order chi connectivity index (χ0) is 13.9. The highest BCUT2D eigenvalue weighted by molar-refractivity contribution is 7.16. The largest absolute Gasteiger partial charge is 0.472 e. The van der Waals surface area contributed by atoms with Crippen molar-refractivity contribution in [2.24, 2.45) is 0 Å². The zero-order valence-electron chi connectivity index (χ0n) is 10.4. The minimum Gasteiger partial charge on any atom is -0.472 e. The Hall–Kier alpha value is -2.41. The fourth-order valence-electron chi connectivity index (χ4n) is 1.84. The van der Waals surface area contributed by atoms with Gasteiger partial charge in [-0.15, -0.1) is 11.3 Å². The highest BCUT2D eigenvalue weighted by Gasteiger charge is 2.07. The zero-order valence-corrected chi connectivity index (χ0v) is 11.2. The predicted molar refractivity (Wildman–Crippen MR) is 74.9 cm³/mol. The van der Waals surface area contributed by atoms with Crippen LogP contribution in [0, 0.1) is 0 Å². The molecule has 3 rings (SSSR count). The van der Waals surface area contributed by atoms with Gasteiger partial charge in [0.1, 0.15) is 11.1 Å². The Morgan fingerprint density at radius 2 is 2.35 bits per heavy atom. The van der Waals surface area contributed by atoms with Gasteiger partial charge < -0.3 is 9.73 Å². The van der Waals surface area contributed by atoms with Gasteiger partial charge in [-0.25, -0.2) is 4.98 Å². The van der Waals surface area contributed by atoms with E-state index in [1.54, 1.807) is 12.1 Å². The minimum absolute atomic E-state index is 0.0891. The van der Waals surface area contributed by atoms with Gasteiger partial charge in [0.2, 0.25) is 0 Å². The standard InChI is InChI=1S/C13H11N3O3S/c17-11(9-1-5-19-7-9)14-3-4-16-8-15-12-10(13(16)18)2-6-20-12/h1-2,5-8H,3-4H2,(H,14,17). The van der Waals surface area contributed by atoms with Gasteiger partial charge in [0.15, 0.2) is 0 Å². The third kappa shape index (κ3) is 2.35. The fourth-order valence-corrected chi connectivity index (χ4v) is 2.56. The lowest BCUT2D eigenvalue weighted by Crippen LogP contribution is -2.30. The second kappa shape index (κ2) is 5.30. The molecule has 0 aliphatic carbocycles. The molecular formula is C13H11N3O3S. The van der Waals surface area contributed by atoms with Crippen LogP contribution < -0.4 is 10.9 Å². The van der Waals surface area contributed by atoms with E-state index in [0.29, 0.717) is 24.0 Å². The molecule has 0 fully saturated rings. The minimum atomic E-state index is -0.226. The summed E-state index contributed by atoms with van der Waals surface area (Å²) in [6, 6.07) is 3.34. The van der Waals surface area contributed by atoms with Crippen molar-refractivity contribution in [2.75, 3.05) is 6.54 Å². The summed E-state index contributed by atoms with van der Waals surface area (Å²) in [7, 11) is 0. The summed E-state index contributed by atoms with van der Waals surface area (Å²) in [6.07, 6.45) is 4.32. The van der Waals surface area contributed by atoms with E-state index in [2.05, 4.69) is 10.3 Å². The maximum Gasteiger partial charge on any atom is 0.262 e.